The highest BCUT2D eigenvalue weighted by Gasteiger charge is 2.41. The molecule has 2 heterocycles. The molecule has 8 heteroatoms. The predicted octanol–water partition coefficient (Wildman–Crippen LogP) is 1.12. The Bertz CT molecular complexity index is 788. The monoisotopic (exact) mass is 393 g/mol. The molecule has 2 aliphatic rings. The van der Waals surface area contributed by atoms with Crippen molar-refractivity contribution >= 4 is 21.8 Å². The number of amides is 2. The van der Waals surface area contributed by atoms with E-state index in [9.17, 15) is 18.0 Å². The Hall–Kier alpha value is -1.93. The molecule has 0 saturated carbocycles. The molecule has 0 aromatic heterocycles. The second-order valence-corrected chi connectivity index (χ2v) is 9.26. The van der Waals surface area contributed by atoms with Gasteiger partial charge < -0.3 is 9.80 Å². The van der Waals surface area contributed by atoms with Gasteiger partial charge in [-0.15, -0.1) is 0 Å². The average Bonchev–Trinajstić information content (AvgIpc) is 2.63. The summed E-state index contributed by atoms with van der Waals surface area (Å²) in [6.07, 6.45) is 2.19. The molecule has 2 unspecified atom stereocenters. The number of hydrogen-bond donors (Lipinski definition) is 1. The Kier molecular flexibility index (Phi) is 5.86. The van der Waals surface area contributed by atoms with Crippen molar-refractivity contribution in [3.8, 4) is 0 Å². The van der Waals surface area contributed by atoms with Crippen LogP contribution in [0, 0.1) is 11.8 Å². The maximum Gasteiger partial charge on any atom is 0.228 e. The van der Waals surface area contributed by atoms with Crippen molar-refractivity contribution in [2.45, 2.75) is 31.7 Å². The number of sulfonamides is 1. The van der Waals surface area contributed by atoms with Gasteiger partial charge in [-0.1, -0.05) is 30.3 Å². The zero-order valence-electron chi connectivity index (χ0n) is 15.6. The van der Waals surface area contributed by atoms with E-state index in [-0.39, 0.29) is 35.4 Å². The van der Waals surface area contributed by atoms with Gasteiger partial charge in [-0.3, -0.25) is 9.59 Å². The van der Waals surface area contributed by atoms with Crippen LogP contribution in [0.25, 0.3) is 0 Å². The minimum atomic E-state index is -3.49. The van der Waals surface area contributed by atoms with Gasteiger partial charge in [0.15, 0.2) is 0 Å². The maximum absolute atomic E-state index is 13.2. The van der Waals surface area contributed by atoms with Gasteiger partial charge in [-0.2, -0.15) is 0 Å². The zero-order chi connectivity index (χ0) is 19.6. The fourth-order valence-corrected chi connectivity index (χ4v) is 5.28. The lowest BCUT2D eigenvalue weighted by molar-refractivity contribution is -0.147. The van der Waals surface area contributed by atoms with Crippen LogP contribution in [0.4, 0.5) is 0 Å². The van der Waals surface area contributed by atoms with E-state index in [1.54, 1.807) is 11.9 Å². The van der Waals surface area contributed by atoms with Gasteiger partial charge in [0.1, 0.15) is 0 Å². The summed E-state index contributed by atoms with van der Waals surface area (Å²) in [6.45, 7) is 1.07. The van der Waals surface area contributed by atoms with Crippen molar-refractivity contribution in [1.82, 2.24) is 9.80 Å². The first-order valence-corrected chi connectivity index (χ1v) is 11.1. The standard InChI is InChI=1S/C19H27N3O4S/c1-21-17(23)8-7-16(18(21)15-5-3-2-4-6-15)19(24)22-11-9-14(10-12-22)13-27(20,25)26/h2-6,14,16,18H,7-13H2,1H3,(H2,20,25,26). The number of hydrogen-bond acceptors (Lipinski definition) is 4. The van der Waals surface area contributed by atoms with Crippen LogP contribution in [-0.2, 0) is 19.6 Å². The van der Waals surface area contributed by atoms with Crippen LogP contribution in [0.15, 0.2) is 30.3 Å². The number of nitrogens with two attached hydrogens (primary N) is 1. The van der Waals surface area contributed by atoms with Gasteiger partial charge in [0, 0.05) is 26.6 Å². The SMILES string of the molecule is CN1C(=O)CCC(C(=O)N2CCC(CS(N)(=O)=O)CC2)C1c1ccccc1. The number of carbonyl (C=O) groups excluding carboxylic acids is 2. The molecule has 2 fully saturated rings. The first-order valence-electron chi connectivity index (χ1n) is 9.36. The minimum Gasteiger partial charge on any atom is -0.342 e. The third-order valence-corrected chi connectivity index (χ3v) is 6.65. The van der Waals surface area contributed by atoms with Gasteiger partial charge in [-0.25, -0.2) is 13.6 Å². The molecule has 2 atom stereocenters. The minimum absolute atomic E-state index is 0.00424. The second kappa shape index (κ2) is 7.98. The number of primary sulfonamides is 1. The summed E-state index contributed by atoms with van der Waals surface area (Å²) in [6, 6.07) is 9.41. The molecule has 3 rings (SSSR count). The topological polar surface area (TPSA) is 101 Å². The molecule has 27 heavy (non-hydrogen) atoms. The van der Waals surface area contributed by atoms with Crippen LogP contribution in [-0.4, -0.2) is 55.9 Å². The van der Waals surface area contributed by atoms with E-state index in [1.807, 2.05) is 35.2 Å². The number of likely N-dealkylation sites (tertiary alicyclic amines) is 2. The van der Waals surface area contributed by atoms with E-state index >= 15 is 0 Å². The Morgan fingerprint density at radius 3 is 2.37 bits per heavy atom. The first-order chi connectivity index (χ1) is 12.8. The third-order valence-electron chi connectivity index (χ3n) is 5.71. The molecule has 2 N–H and O–H groups in total. The highest BCUT2D eigenvalue weighted by atomic mass is 32.2. The van der Waals surface area contributed by atoms with Crippen molar-refractivity contribution in [2.75, 3.05) is 25.9 Å². The van der Waals surface area contributed by atoms with Crippen molar-refractivity contribution in [3.05, 3.63) is 35.9 Å². The van der Waals surface area contributed by atoms with Crippen LogP contribution in [0.2, 0.25) is 0 Å². The van der Waals surface area contributed by atoms with Gasteiger partial charge in [0.25, 0.3) is 0 Å². The molecule has 2 aliphatic heterocycles. The molecule has 0 radical (unpaired) electrons. The van der Waals surface area contributed by atoms with Crippen LogP contribution in [0.1, 0.15) is 37.3 Å². The summed E-state index contributed by atoms with van der Waals surface area (Å²) < 4.78 is 22.6. The molecule has 0 spiro atoms. The van der Waals surface area contributed by atoms with Crippen molar-refractivity contribution in [1.29, 1.82) is 0 Å². The summed E-state index contributed by atoms with van der Waals surface area (Å²) in [5, 5.41) is 5.14. The van der Waals surface area contributed by atoms with Gasteiger partial charge in [-0.05, 0) is 30.7 Å². The Morgan fingerprint density at radius 1 is 1.15 bits per heavy atom. The lowest BCUT2D eigenvalue weighted by atomic mass is 9.83. The van der Waals surface area contributed by atoms with E-state index in [2.05, 4.69) is 0 Å². The molecule has 0 aliphatic carbocycles. The number of piperidine rings is 2. The summed E-state index contributed by atoms with van der Waals surface area (Å²) in [5.41, 5.74) is 0.968. The van der Waals surface area contributed by atoms with E-state index in [1.165, 1.54) is 0 Å². The molecule has 7 nitrogen and oxygen atoms in total. The lowest BCUT2D eigenvalue weighted by Gasteiger charge is -2.42. The summed E-state index contributed by atoms with van der Waals surface area (Å²) in [5.74, 6) is -0.186. The molecule has 148 valence electrons. The molecule has 0 bridgehead atoms. The van der Waals surface area contributed by atoms with Crippen molar-refractivity contribution in [2.24, 2.45) is 17.0 Å². The fraction of sp³-hybridized carbons (Fsp3) is 0.579. The normalized spacial score (nSPS) is 24.9. The number of benzene rings is 1. The third kappa shape index (κ3) is 4.68. The summed E-state index contributed by atoms with van der Waals surface area (Å²) in [4.78, 5) is 29.0. The van der Waals surface area contributed by atoms with E-state index in [0.29, 0.717) is 38.8 Å². The van der Waals surface area contributed by atoms with Gasteiger partial charge in [0.05, 0.1) is 17.7 Å². The number of rotatable bonds is 4. The van der Waals surface area contributed by atoms with Crippen LogP contribution in [0.5, 0.6) is 0 Å². The van der Waals surface area contributed by atoms with E-state index in [0.717, 1.165) is 5.56 Å². The summed E-state index contributed by atoms with van der Waals surface area (Å²) in [7, 11) is -1.73. The molecule has 1 aromatic rings. The van der Waals surface area contributed by atoms with Crippen molar-refractivity contribution in [3.63, 3.8) is 0 Å². The molecule has 2 amide bonds. The van der Waals surface area contributed by atoms with Crippen molar-refractivity contribution < 1.29 is 18.0 Å². The largest absolute Gasteiger partial charge is 0.342 e. The lowest BCUT2D eigenvalue weighted by Crippen LogP contribution is -2.49. The van der Waals surface area contributed by atoms with Crippen LogP contribution >= 0.6 is 0 Å². The van der Waals surface area contributed by atoms with Gasteiger partial charge in [0.2, 0.25) is 21.8 Å². The summed E-state index contributed by atoms with van der Waals surface area (Å²) >= 11 is 0. The molecule has 2 saturated heterocycles. The van der Waals surface area contributed by atoms with Crippen LogP contribution < -0.4 is 5.14 Å². The van der Waals surface area contributed by atoms with E-state index in [4.69, 9.17) is 5.14 Å². The predicted molar refractivity (Wildman–Crippen MR) is 102 cm³/mol. The fourth-order valence-electron chi connectivity index (χ4n) is 4.29. The van der Waals surface area contributed by atoms with E-state index < -0.39 is 10.0 Å². The molecular weight excluding hydrogens is 366 g/mol. The smallest absolute Gasteiger partial charge is 0.228 e. The Morgan fingerprint density at radius 2 is 1.78 bits per heavy atom. The zero-order valence-corrected chi connectivity index (χ0v) is 16.4. The maximum atomic E-state index is 13.2. The highest BCUT2D eigenvalue weighted by molar-refractivity contribution is 7.89. The molecule has 1 aromatic carbocycles. The number of nitrogens with zero attached hydrogens (tertiary/aromatic N) is 2. The highest BCUT2D eigenvalue weighted by Crippen LogP contribution is 2.37. The Balaban J connectivity index is 1.72. The second-order valence-electron chi connectivity index (χ2n) is 7.60. The van der Waals surface area contributed by atoms with Gasteiger partial charge >= 0.3 is 0 Å². The number of carbonyl (C=O) groups is 2. The first kappa shape index (κ1) is 19.8. The Labute approximate surface area is 160 Å². The average molecular weight is 394 g/mol. The molecular formula is C19H27N3O4S. The van der Waals surface area contributed by atoms with Crippen LogP contribution in [0.3, 0.4) is 0 Å². The quantitative estimate of drug-likeness (QED) is 0.828.